The van der Waals surface area contributed by atoms with Crippen LogP contribution in [0.1, 0.15) is 5.56 Å². The first-order valence-corrected chi connectivity index (χ1v) is 4.24. The number of carbonyl (C=O) groups excluding carboxylic acids is 1. The molecule has 0 aliphatic rings. The normalized spacial score (nSPS) is 9.88. The number of nitrogens with two attached hydrogens (primary N) is 1. The number of nitro groups is 1. The molecule has 1 rings (SSSR count). The largest absolute Gasteiger partial charge is 0.469 e. The summed E-state index contributed by atoms with van der Waals surface area (Å²) in [6, 6.07) is 1.64. The number of hydrogen-bond donors (Lipinski definition) is 1. The van der Waals surface area contributed by atoms with Crippen LogP contribution in [0.15, 0.2) is 12.1 Å². The van der Waals surface area contributed by atoms with E-state index < -0.39 is 22.4 Å². The molecule has 0 aliphatic carbocycles. The lowest BCUT2D eigenvalue weighted by Crippen LogP contribution is -2.09. The number of halogens is 1. The Morgan fingerprint density at radius 2 is 2.25 bits per heavy atom. The molecule has 16 heavy (non-hydrogen) atoms. The lowest BCUT2D eigenvalue weighted by atomic mass is 10.1. The molecule has 0 bridgehead atoms. The van der Waals surface area contributed by atoms with Gasteiger partial charge in [0.15, 0.2) is 0 Å². The number of ether oxygens (including phenoxy) is 1. The van der Waals surface area contributed by atoms with E-state index in [-0.39, 0.29) is 17.7 Å². The Hall–Kier alpha value is -2.18. The van der Waals surface area contributed by atoms with Crippen LogP contribution in [0.4, 0.5) is 15.8 Å². The molecule has 0 saturated heterocycles. The summed E-state index contributed by atoms with van der Waals surface area (Å²) in [5, 5.41) is 10.6. The van der Waals surface area contributed by atoms with Crippen molar-refractivity contribution in [2.75, 3.05) is 12.8 Å². The molecular formula is C9H9FN2O4. The molecule has 86 valence electrons. The Balaban J connectivity index is 3.24. The fraction of sp³-hybridized carbons (Fsp3) is 0.222. The van der Waals surface area contributed by atoms with Crippen molar-refractivity contribution in [3.63, 3.8) is 0 Å². The van der Waals surface area contributed by atoms with Gasteiger partial charge in [0, 0.05) is 5.69 Å². The van der Waals surface area contributed by atoms with Crippen molar-refractivity contribution in [2.24, 2.45) is 0 Å². The van der Waals surface area contributed by atoms with Crippen LogP contribution in [0.2, 0.25) is 0 Å². The monoisotopic (exact) mass is 228 g/mol. The summed E-state index contributed by atoms with van der Waals surface area (Å²) in [5.74, 6) is -1.50. The number of esters is 1. The van der Waals surface area contributed by atoms with Gasteiger partial charge in [0.2, 0.25) is 0 Å². The number of anilines is 1. The number of nitrogens with zero attached hydrogens (tertiary/aromatic N) is 1. The Morgan fingerprint density at radius 3 is 2.75 bits per heavy atom. The Morgan fingerprint density at radius 1 is 1.62 bits per heavy atom. The van der Waals surface area contributed by atoms with Crippen LogP contribution in [0.3, 0.4) is 0 Å². The van der Waals surface area contributed by atoms with Gasteiger partial charge in [0.05, 0.1) is 30.1 Å². The van der Waals surface area contributed by atoms with Gasteiger partial charge in [-0.3, -0.25) is 14.9 Å². The molecule has 0 atom stereocenters. The van der Waals surface area contributed by atoms with Gasteiger partial charge in [0.1, 0.15) is 5.82 Å². The van der Waals surface area contributed by atoms with Gasteiger partial charge in [-0.1, -0.05) is 0 Å². The summed E-state index contributed by atoms with van der Waals surface area (Å²) in [6.45, 7) is 0. The molecule has 1 aromatic rings. The lowest BCUT2D eigenvalue weighted by Gasteiger charge is -2.05. The van der Waals surface area contributed by atoms with Crippen molar-refractivity contribution in [3.8, 4) is 0 Å². The molecule has 0 spiro atoms. The number of nitro benzene ring substituents is 1. The topological polar surface area (TPSA) is 95.5 Å². The fourth-order valence-electron chi connectivity index (χ4n) is 1.21. The molecule has 0 unspecified atom stereocenters. The van der Waals surface area contributed by atoms with Crippen molar-refractivity contribution in [2.45, 2.75) is 6.42 Å². The number of benzene rings is 1. The van der Waals surface area contributed by atoms with E-state index in [9.17, 15) is 19.3 Å². The highest BCUT2D eigenvalue weighted by molar-refractivity contribution is 5.77. The number of rotatable bonds is 3. The minimum absolute atomic E-state index is 0.0433. The van der Waals surface area contributed by atoms with E-state index in [1.54, 1.807) is 0 Å². The van der Waals surface area contributed by atoms with E-state index in [4.69, 9.17) is 5.73 Å². The van der Waals surface area contributed by atoms with Crippen molar-refractivity contribution in [3.05, 3.63) is 33.6 Å². The van der Waals surface area contributed by atoms with Crippen molar-refractivity contribution < 1.29 is 18.8 Å². The van der Waals surface area contributed by atoms with Crippen LogP contribution in [0.5, 0.6) is 0 Å². The highest BCUT2D eigenvalue weighted by Gasteiger charge is 2.21. The molecule has 0 aromatic heterocycles. The second-order valence-electron chi connectivity index (χ2n) is 3.00. The summed E-state index contributed by atoms with van der Waals surface area (Å²) in [7, 11) is 1.15. The summed E-state index contributed by atoms with van der Waals surface area (Å²) in [5.41, 5.74) is 4.70. The van der Waals surface area contributed by atoms with Crippen LogP contribution in [0.25, 0.3) is 0 Å². The summed E-state index contributed by atoms with van der Waals surface area (Å²) in [6.07, 6.45) is -0.362. The van der Waals surface area contributed by atoms with E-state index in [0.717, 1.165) is 13.2 Å². The number of carbonyl (C=O) groups is 1. The van der Waals surface area contributed by atoms with E-state index in [1.807, 2.05) is 0 Å². The maximum atomic E-state index is 12.9. The van der Waals surface area contributed by atoms with Crippen LogP contribution in [-0.2, 0) is 16.0 Å². The van der Waals surface area contributed by atoms with E-state index in [2.05, 4.69) is 4.74 Å². The molecule has 0 aliphatic heterocycles. The molecule has 0 radical (unpaired) electrons. The van der Waals surface area contributed by atoms with Crippen molar-refractivity contribution in [1.82, 2.24) is 0 Å². The zero-order valence-corrected chi connectivity index (χ0v) is 8.40. The molecule has 2 N–H and O–H groups in total. The molecule has 7 heteroatoms. The van der Waals surface area contributed by atoms with Crippen molar-refractivity contribution >= 4 is 17.3 Å². The Bertz CT molecular complexity index is 447. The molecule has 0 heterocycles. The van der Waals surface area contributed by atoms with E-state index in [0.29, 0.717) is 6.07 Å². The third-order valence-corrected chi connectivity index (χ3v) is 1.97. The SMILES string of the molecule is COC(=O)Cc1c(N)cc(F)cc1[N+](=O)[O-]. The molecule has 6 nitrogen and oxygen atoms in total. The van der Waals surface area contributed by atoms with Gasteiger partial charge in [0.25, 0.3) is 5.69 Å². The number of methoxy groups -OCH3 is 1. The first-order valence-electron chi connectivity index (χ1n) is 4.24. The van der Waals surface area contributed by atoms with Gasteiger partial charge >= 0.3 is 5.97 Å². The maximum absolute atomic E-state index is 12.9. The minimum atomic E-state index is -0.821. The second kappa shape index (κ2) is 4.56. The highest BCUT2D eigenvalue weighted by Crippen LogP contribution is 2.26. The Kier molecular flexibility index (Phi) is 3.39. The van der Waals surface area contributed by atoms with Gasteiger partial charge in [-0.05, 0) is 6.07 Å². The average Bonchev–Trinajstić information content (AvgIpc) is 2.20. The summed E-state index contributed by atoms with van der Waals surface area (Å²) in [4.78, 5) is 20.8. The standard InChI is InChI=1S/C9H9FN2O4/c1-16-9(13)4-6-7(11)2-5(10)3-8(6)12(14)15/h2-3H,4,11H2,1H3. The maximum Gasteiger partial charge on any atom is 0.310 e. The predicted octanol–water partition coefficient (Wildman–Crippen LogP) is 1.03. The van der Waals surface area contributed by atoms with Gasteiger partial charge in [-0.25, -0.2) is 4.39 Å². The summed E-state index contributed by atoms with van der Waals surface area (Å²) < 4.78 is 17.3. The quantitative estimate of drug-likeness (QED) is 0.361. The van der Waals surface area contributed by atoms with Crippen LogP contribution in [-0.4, -0.2) is 18.0 Å². The Labute approximate surface area is 90.0 Å². The van der Waals surface area contributed by atoms with Gasteiger partial charge < -0.3 is 10.5 Å². The van der Waals surface area contributed by atoms with E-state index in [1.165, 1.54) is 0 Å². The summed E-state index contributed by atoms with van der Waals surface area (Å²) >= 11 is 0. The van der Waals surface area contributed by atoms with Gasteiger partial charge in [-0.2, -0.15) is 0 Å². The van der Waals surface area contributed by atoms with Gasteiger partial charge in [-0.15, -0.1) is 0 Å². The zero-order chi connectivity index (χ0) is 12.3. The predicted molar refractivity (Wildman–Crippen MR) is 53.2 cm³/mol. The average molecular weight is 228 g/mol. The lowest BCUT2D eigenvalue weighted by molar-refractivity contribution is -0.385. The zero-order valence-electron chi connectivity index (χ0n) is 8.40. The smallest absolute Gasteiger partial charge is 0.310 e. The molecule has 1 aromatic carbocycles. The van der Waals surface area contributed by atoms with Crippen LogP contribution < -0.4 is 5.73 Å². The molecule has 0 amide bonds. The fourth-order valence-corrected chi connectivity index (χ4v) is 1.21. The highest BCUT2D eigenvalue weighted by atomic mass is 19.1. The van der Waals surface area contributed by atoms with E-state index >= 15 is 0 Å². The third-order valence-electron chi connectivity index (χ3n) is 1.97. The second-order valence-corrected chi connectivity index (χ2v) is 3.00. The molecular weight excluding hydrogens is 219 g/mol. The molecule has 0 saturated carbocycles. The van der Waals surface area contributed by atoms with Crippen LogP contribution >= 0.6 is 0 Å². The first-order chi connectivity index (χ1) is 7.45. The first kappa shape index (κ1) is 11.9. The number of hydrogen-bond acceptors (Lipinski definition) is 5. The third kappa shape index (κ3) is 2.44. The minimum Gasteiger partial charge on any atom is -0.469 e. The number of nitrogen functional groups attached to an aromatic ring is 1. The van der Waals surface area contributed by atoms with Crippen LogP contribution in [0, 0.1) is 15.9 Å². The molecule has 0 fully saturated rings. The van der Waals surface area contributed by atoms with Crippen molar-refractivity contribution in [1.29, 1.82) is 0 Å².